The van der Waals surface area contributed by atoms with E-state index >= 15 is 0 Å². The van der Waals surface area contributed by atoms with Crippen molar-refractivity contribution in [1.29, 1.82) is 0 Å². The molecule has 0 spiro atoms. The molecule has 2 rings (SSSR count). The first-order valence-corrected chi connectivity index (χ1v) is 9.88. The fraction of sp³-hybridized carbons (Fsp3) is 0.684. The molecule has 1 fully saturated rings. The first-order valence-electron chi connectivity index (χ1n) is 9.88. The number of hydrogen-bond donors (Lipinski definition) is 1. The van der Waals surface area contributed by atoms with Crippen LogP contribution in [0.4, 0.5) is 10.7 Å². The van der Waals surface area contributed by atoms with Crippen LogP contribution < -0.4 is 10.2 Å². The van der Waals surface area contributed by atoms with E-state index in [0.29, 0.717) is 44.0 Å². The SMILES string of the molecule is CCCN(CCC)c1ncc(C(=O)NC2CCN(C(=O)OCC)CC2)cn1. The van der Waals surface area contributed by atoms with Crippen molar-refractivity contribution in [2.45, 2.75) is 52.5 Å². The summed E-state index contributed by atoms with van der Waals surface area (Å²) in [6, 6.07) is 0.0412. The summed E-state index contributed by atoms with van der Waals surface area (Å²) in [5.41, 5.74) is 0.458. The second-order valence-electron chi connectivity index (χ2n) is 6.69. The number of carbonyl (C=O) groups is 2. The van der Waals surface area contributed by atoms with E-state index in [1.165, 1.54) is 0 Å². The minimum Gasteiger partial charge on any atom is -0.450 e. The van der Waals surface area contributed by atoms with Crippen molar-refractivity contribution in [3.05, 3.63) is 18.0 Å². The average Bonchev–Trinajstić information content (AvgIpc) is 2.68. The van der Waals surface area contributed by atoms with Gasteiger partial charge in [-0.2, -0.15) is 0 Å². The van der Waals surface area contributed by atoms with E-state index in [1.54, 1.807) is 24.2 Å². The Labute approximate surface area is 161 Å². The molecule has 8 heteroatoms. The predicted octanol–water partition coefficient (Wildman–Crippen LogP) is 2.45. The van der Waals surface area contributed by atoms with Crippen LogP contribution in [0.1, 0.15) is 56.8 Å². The molecule has 0 aromatic carbocycles. The van der Waals surface area contributed by atoms with Gasteiger partial charge in [0.25, 0.3) is 5.91 Å². The van der Waals surface area contributed by atoms with E-state index < -0.39 is 0 Å². The molecule has 2 amide bonds. The summed E-state index contributed by atoms with van der Waals surface area (Å²) in [6.07, 6.45) is 6.36. The van der Waals surface area contributed by atoms with Crippen molar-refractivity contribution in [2.75, 3.05) is 37.7 Å². The minimum atomic E-state index is -0.282. The van der Waals surface area contributed by atoms with E-state index in [9.17, 15) is 9.59 Å². The summed E-state index contributed by atoms with van der Waals surface area (Å²) < 4.78 is 5.01. The highest BCUT2D eigenvalue weighted by Gasteiger charge is 2.25. The lowest BCUT2D eigenvalue weighted by molar-refractivity contribution is 0.0859. The third-order valence-corrected chi connectivity index (χ3v) is 4.53. The number of carbonyl (C=O) groups excluding carboxylic acids is 2. The molecule has 27 heavy (non-hydrogen) atoms. The molecule has 8 nitrogen and oxygen atoms in total. The lowest BCUT2D eigenvalue weighted by atomic mass is 10.1. The molecule has 0 saturated carbocycles. The minimum absolute atomic E-state index is 0.0412. The number of anilines is 1. The largest absolute Gasteiger partial charge is 0.450 e. The molecule has 1 aliphatic heterocycles. The van der Waals surface area contributed by atoms with Crippen LogP contribution in [0.2, 0.25) is 0 Å². The summed E-state index contributed by atoms with van der Waals surface area (Å²) in [4.78, 5) is 36.7. The summed E-state index contributed by atoms with van der Waals surface area (Å²) in [7, 11) is 0. The molecule has 1 saturated heterocycles. The van der Waals surface area contributed by atoms with E-state index in [-0.39, 0.29) is 18.0 Å². The molecule has 0 aliphatic carbocycles. The van der Waals surface area contributed by atoms with Crippen LogP contribution in [0.3, 0.4) is 0 Å². The maximum atomic E-state index is 12.5. The van der Waals surface area contributed by atoms with Gasteiger partial charge in [0.15, 0.2) is 0 Å². The summed E-state index contributed by atoms with van der Waals surface area (Å²) in [5.74, 6) is 0.492. The highest BCUT2D eigenvalue weighted by atomic mass is 16.6. The Balaban J connectivity index is 1.87. The number of amides is 2. The molecule has 1 aliphatic rings. The number of ether oxygens (including phenoxy) is 1. The van der Waals surface area contributed by atoms with Crippen LogP contribution in [0.5, 0.6) is 0 Å². The summed E-state index contributed by atoms with van der Waals surface area (Å²) in [5, 5.41) is 3.01. The van der Waals surface area contributed by atoms with Crippen molar-refractivity contribution < 1.29 is 14.3 Å². The van der Waals surface area contributed by atoms with Gasteiger partial charge in [0, 0.05) is 44.6 Å². The molecule has 0 atom stereocenters. The Morgan fingerprint density at radius 3 is 2.26 bits per heavy atom. The maximum absolute atomic E-state index is 12.5. The lowest BCUT2D eigenvalue weighted by Gasteiger charge is -2.31. The molecular weight excluding hydrogens is 346 g/mol. The third kappa shape index (κ3) is 6.08. The number of rotatable bonds is 8. The Morgan fingerprint density at radius 1 is 1.15 bits per heavy atom. The van der Waals surface area contributed by atoms with Gasteiger partial charge in [-0.3, -0.25) is 4.79 Å². The van der Waals surface area contributed by atoms with Gasteiger partial charge in [-0.25, -0.2) is 14.8 Å². The number of piperidine rings is 1. The maximum Gasteiger partial charge on any atom is 0.409 e. The lowest BCUT2D eigenvalue weighted by Crippen LogP contribution is -2.46. The standard InChI is InChI=1S/C19H31N5O3/c1-4-9-23(10-5-2)18-20-13-15(14-21-18)17(25)22-16-7-11-24(12-8-16)19(26)27-6-3/h13-14,16H,4-12H2,1-3H3,(H,22,25). The molecular formula is C19H31N5O3. The third-order valence-electron chi connectivity index (χ3n) is 4.53. The van der Waals surface area contributed by atoms with Crippen LogP contribution in [-0.2, 0) is 4.74 Å². The highest BCUT2D eigenvalue weighted by Crippen LogP contribution is 2.13. The van der Waals surface area contributed by atoms with Crippen molar-refractivity contribution in [1.82, 2.24) is 20.2 Å². The van der Waals surface area contributed by atoms with Gasteiger partial charge in [-0.15, -0.1) is 0 Å². The zero-order valence-corrected chi connectivity index (χ0v) is 16.6. The number of nitrogens with one attached hydrogen (secondary N) is 1. The summed E-state index contributed by atoms with van der Waals surface area (Å²) in [6.45, 7) is 9.39. The Hall–Kier alpha value is -2.38. The van der Waals surface area contributed by atoms with Gasteiger partial charge in [0.2, 0.25) is 5.95 Å². The molecule has 0 unspecified atom stereocenters. The van der Waals surface area contributed by atoms with Gasteiger partial charge >= 0.3 is 6.09 Å². The van der Waals surface area contributed by atoms with Gasteiger partial charge in [-0.1, -0.05) is 13.8 Å². The summed E-state index contributed by atoms with van der Waals surface area (Å²) >= 11 is 0. The molecule has 1 aromatic rings. The predicted molar refractivity (Wildman–Crippen MR) is 104 cm³/mol. The van der Waals surface area contributed by atoms with Crippen LogP contribution in [0.15, 0.2) is 12.4 Å². The molecule has 2 heterocycles. The molecule has 0 radical (unpaired) electrons. The zero-order chi connectivity index (χ0) is 19.6. The zero-order valence-electron chi connectivity index (χ0n) is 16.6. The fourth-order valence-electron chi connectivity index (χ4n) is 3.14. The normalized spacial score (nSPS) is 14.7. The van der Waals surface area contributed by atoms with E-state index in [4.69, 9.17) is 4.74 Å². The Bertz CT molecular complexity index is 594. The molecule has 0 bridgehead atoms. The van der Waals surface area contributed by atoms with Crippen LogP contribution in [0, 0.1) is 0 Å². The van der Waals surface area contributed by atoms with Crippen molar-refractivity contribution >= 4 is 17.9 Å². The number of nitrogens with zero attached hydrogens (tertiary/aromatic N) is 4. The topological polar surface area (TPSA) is 87.7 Å². The second-order valence-corrected chi connectivity index (χ2v) is 6.69. The molecule has 150 valence electrons. The first-order chi connectivity index (χ1) is 13.1. The van der Waals surface area contributed by atoms with E-state index in [0.717, 1.165) is 25.9 Å². The fourth-order valence-corrected chi connectivity index (χ4v) is 3.14. The van der Waals surface area contributed by atoms with Gasteiger partial charge in [0.05, 0.1) is 12.2 Å². The average molecular weight is 377 g/mol. The van der Waals surface area contributed by atoms with Crippen LogP contribution >= 0.6 is 0 Å². The Kier molecular flexibility index (Phi) is 8.29. The number of aromatic nitrogens is 2. The van der Waals surface area contributed by atoms with Crippen LogP contribution in [0.25, 0.3) is 0 Å². The smallest absolute Gasteiger partial charge is 0.409 e. The van der Waals surface area contributed by atoms with E-state index in [2.05, 4.69) is 34.0 Å². The van der Waals surface area contributed by atoms with Gasteiger partial charge in [-0.05, 0) is 32.6 Å². The van der Waals surface area contributed by atoms with Crippen molar-refractivity contribution in [3.8, 4) is 0 Å². The van der Waals surface area contributed by atoms with Crippen LogP contribution in [-0.4, -0.2) is 65.7 Å². The van der Waals surface area contributed by atoms with Gasteiger partial charge < -0.3 is 19.9 Å². The van der Waals surface area contributed by atoms with E-state index in [1.807, 2.05) is 0 Å². The first kappa shape index (κ1) is 20.9. The van der Waals surface area contributed by atoms with Crippen molar-refractivity contribution in [3.63, 3.8) is 0 Å². The molecule has 1 N–H and O–H groups in total. The number of likely N-dealkylation sites (tertiary alicyclic amines) is 1. The quantitative estimate of drug-likeness (QED) is 0.749. The van der Waals surface area contributed by atoms with Crippen molar-refractivity contribution in [2.24, 2.45) is 0 Å². The second kappa shape index (κ2) is 10.7. The van der Waals surface area contributed by atoms with Gasteiger partial charge in [0.1, 0.15) is 0 Å². The monoisotopic (exact) mass is 377 g/mol. The number of hydrogen-bond acceptors (Lipinski definition) is 6. The highest BCUT2D eigenvalue weighted by molar-refractivity contribution is 5.93. The Morgan fingerprint density at radius 2 is 1.74 bits per heavy atom. The molecule has 1 aromatic heterocycles.